The van der Waals surface area contributed by atoms with Gasteiger partial charge in [-0.25, -0.2) is 0 Å². The van der Waals surface area contributed by atoms with Gasteiger partial charge in [0.25, 0.3) is 0 Å². The largest absolute Gasteiger partial charge is 0.401 e. The molecular weight excluding hydrogens is 310 g/mol. The average Bonchev–Trinajstić information content (AvgIpc) is 3.38. The van der Waals surface area contributed by atoms with Gasteiger partial charge in [0.05, 0.1) is 6.34 Å². The van der Waals surface area contributed by atoms with Crippen LogP contribution in [-0.4, -0.2) is 24.3 Å². The number of allylic oxidation sites excluding steroid dienone is 5. The molecule has 0 unspecified atom stereocenters. The number of hydrogen-bond acceptors (Lipinski definition) is 4. The standard InChI is InChI=1S/C15H22N2.C5H11N3/c1-5-6-7-9-13(2)14(3)17(12-16-4)15-10-8-11-15;6-5(3-8-7)4-1-2-4/h5-7,9,12,15H,2-3,8,10-11H2,1,4H3;3-4,8H,1-2,6-7H2/b6-5-,9-7-,16-12?;5-3-. The van der Waals surface area contributed by atoms with Gasteiger partial charge in [0.15, 0.2) is 0 Å². The van der Waals surface area contributed by atoms with E-state index in [1.165, 1.54) is 32.1 Å². The molecule has 0 bridgehead atoms. The minimum absolute atomic E-state index is 0.554. The first-order chi connectivity index (χ1) is 12.0. The van der Waals surface area contributed by atoms with E-state index in [0.29, 0.717) is 12.0 Å². The highest BCUT2D eigenvalue weighted by Crippen LogP contribution is 2.33. The summed E-state index contributed by atoms with van der Waals surface area (Å²) in [5.41, 5.74) is 10.7. The Morgan fingerprint density at radius 1 is 1.20 bits per heavy atom. The predicted molar refractivity (Wildman–Crippen MR) is 108 cm³/mol. The van der Waals surface area contributed by atoms with Crippen LogP contribution in [-0.2, 0) is 0 Å². The van der Waals surface area contributed by atoms with Crippen molar-refractivity contribution >= 4 is 6.34 Å². The smallest absolute Gasteiger partial charge is 0.0893 e. The van der Waals surface area contributed by atoms with Gasteiger partial charge in [-0.3, -0.25) is 10.8 Å². The van der Waals surface area contributed by atoms with Crippen molar-refractivity contribution < 1.29 is 0 Å². The van der Waals surface area contributed by atoms with Gasteiger partial charge in [-0.05, 0) is 50.5 Å². The van der Waals surface area contributed by atoms with Crippen molar-refractivity contribution in [3.63, 3.8) is 0 Å². The summed E-state index contributed by atoms with van der Waals surface area (Å²) in [5, 5.41) is 0. The number of rotatable bonds is 8. The average molecular weight is 344 g/mol. The fourth-order valence-electron chi connectivity index (χ4n) is 2.35. The first-order valence-corrected chi connectivity index (χ1v) is 8.84. The van der Waals surface area contributed by atoms with Crippen LogP contribution in [0, 0.1) is 5.92 Å². The van der Waals surface area contributed by atoms with Crippen molar-refractivity contribution in [2.24, 2.45) is 22.5 Å². The molecule has 138 valence electrons. The molecule has 2 saturated carbocycles. The molecule has 0 spiro atoms. The van der Waals surface area contributed by atoms with Crippen molar-refractivity contribution in [3.8, 4) is 0 Å². The summed E-state index contributed by atoms with van der Waals surface area (Å²) in [6, 6.07) is 0.554. The molecule has 2 rings (SSSR count). The molecular formula is C20H33N5. The Balaban J connectivity index is 0.000000324. The van der Waals surface area contributed by atoms with E-state index in [1.54, 1.807) is 13.2 Å². The first-order valence-electron chi connectivity index (χ1n) is 8.84. The predicted octanol–water partition coefficient (Wildman–Crippen LogP) is 3.36. The Bertz CT molecular complexity index is 548. The minimum Gasteiger partial charge on any atom is -0.401 e. The molecule has 0 radical (unpaired) electrons. The van der Waals surface area contributed by atoms with Crippen LogP contribution in [0.2, 0.25) is 0 Å². The number of aliphatic imine (C=N–C) groups is 1. The molecule has 5 N–H and O–H groups in total. The summed E-state index contributed by atoms with van der Waals surface area (Å²) in [7, 11) is 1.79. The van der Waals surface area contributed by atoms with E-state index < -0.39 is 0 Å². The number of nitrogens with two attached hydrogens (primary N) is 2. The zero-order chi connectivity index (χ0) is 18.7. The van der Waals surface area contributed by atoms with Crippen molar-refractivity contribution in [1.82, 2.24) is 10.3 Å². The summed E-state index contributed by atoms with van der Waals surface area (Å²) < 4.78 is 0. The van der Waals surface area contributed by atoms with Gasteiger partial charge in [-0.15, -0.1) is 0 Å². The van der Waals surface area contributed by atoms with Crippen LogP contribution >= 0.6 is 0 Å². The van der Waals surface area contributed by atoms with Gasteiger partial charge in [-0.1, -0.05) is 37.5 Å². The lowest BCUT2D eigenvalue weighted by atomic mass is 9.91. The van der Waals surface area contributed by atoms with Gasteiger partial charge < -0.3 is 16.1 Å². The number of hydrazine groups is 1. The van der Waals surface area contributed by atoms with E-state index in [0.717, 1.165) is 17.0 Å². The summed E-state index contributed by atoms with van der Waals surface area (Å²) in [5.74, 6) is 5.61. The van der Waals surface area contributed by atoms with Gasteiger partial charge >= 0.3 is 0 Å². The maximum absolute atomic E-state index is 5.51. The summed E-state index contributed by atoms with van der Waals surface area (Å²) >= 11 is 0. The molecule has 0 saturated heterocycles. The molecule has 0 aliphatic heterocycles. The van der Waals surface area contributed by atoms with E-state index >= 15 is 0 Å². The van der Waals surface area contributed by atoms with Crippen LogP contribution in [0.1, 0.15) is 39.0 Å². The molecule has 2 fully saturated rings. The second kappa shape index (κ2) is 11.3. The fourth-order valence-corrected chi connectivity index (χ4v) is 2.35. The third-order valence-electron chi connectivity index (χ3n) is 4.29. The topological polar surface area (TPSA) is 79.7 Å². The highest BCUT2D eigenvalue weighted by molar-refractivity contribution is 5.61. The minimum atomic E-state index is 0.554. The molecule has 0 atom stereocenters. The number of nitrogens with zero attached hydrogens (tertiary/aromatic N) is 2. The highest BCUT2D eigenvalue weighted by atomic mass is 15.2. The molecule has 5 heteroatoms. The zero-order valence-corrected chi connectivity index (χ0v) is 15.6. The lowest BCUT2D eigenvalue weighted by Crippen LogP contribution is -2.38. The van der Waals surface area contributed by atoms with Crippen molar-refractivity contribution in [2.45, 2.75) is 45.1 Å². The van der Waals surface area contributed by atoms with Gasteiger partial charge in [0, 0.05) is 30.7 Å². The Morgan fingerprint density at radius 3 is 2.32 bits per heavy atom. The first kappa shape index (κ1) is 20.8. The van der Waals surface area contributed by atoms with E-state index in [4.69, 9.17) is 11.6 Å². The molecule has 2 aliphatic carbocycles. The Morgan fingerprint density at radius 2 is 1.88 bits per heavy atom. The molecule has 0 heterocycles. The van der Waals surface area contributed by atoms with E-state index in [1.807, 2.05) is 37.6 Å². The Labute approximate surface area is 152 Å². The fraction of sp³-hybridized carbons (Fsp3) is 0.450. The van der Waals surface area contributed by atoms with Crippen molar-refractivity contribution in [1.29, 1.82) is 0 Å². The van der Waals surface area contributed by atoms with Crippen LogP contribution in [0.25, 0.3) is 0 Å². The van der Waals surface area contributed by atoms with E-state index in [-0.39, 0.29) is 0 Å². The normalized spacial score (nSPS) is 18.1. The molecule has 0 aromatic rings. The molecule has 5 nitrogen and oxygen atoms in total. The highest BCUT2D eigenvalue weighted by Gasteiger charge is 2.25. The van der Waals surface area contributed by atoms with Crippen LogP contribution in [0.3, 0.4) is 0 Å². The van der Waals surface area contributed by atoms with Crippen LogP contribution < -0.4 is 17.0 Å². The maximum atomic E-state index is 5.51. The molecule has 0 aromatic heterocycles. The monoisotopic (exact) mass is 343 g/mol. The molecule has 0 amide bonds. The van der Waals surface area contributed by atoms with Gasteiger partial charge in [0.1, 0.15) is 0 Å². The Hall–Kier alpha value is -2.27. The van der Waals surface area contributed by atoms with Crippen LogP contribution in [0.5, 0.6) is 0 Å². The van der Waals surface area contributed by atoms with Gasteiger partial charge in [-0.2, -0.15) is 0 Å². The lowest BCUT2D eigenvalue weighted by molar-refractivity contribution is 0.256. The van der Waals surface area contributed by atoms with Crippen LogP contribution in [0.15, 0.2) is 65.6 Å². The maximum Gasteiger partial charge on any atom is 0.0893 e. The van der Waals surface area contributed by atoms with E-state index in [2.05, 4.69) is 28.5 Å². The van der Waals surface area contributed by atoms with E-state index in [9.17, 15) is 0 Å². The second-order valence-electron chi connectivity index (χ2n) is 6.31. The quantitative estimate of drug-likeness (QED) is 0.208. The summed E-state index contributed by atoms with van der Waals surface area (Å²) in [6.45, 7) is 10.2. The van der Waals surface area contributed by atoms with Gasteiger partial charge in [0.2, 0.25) is 0 Å². The zero-order valence-electron chi connectivity index (χ0n) is 15.6. The van der Waals surface area contributed by atoms with Crippen molar-refractivity contribution in [2.75, 3.05) is 7.05 Å². The number of nitrogens with one attached hydrogen (secondary N) is 1. The summed E-state index contributed by atoms with van der Waals surface area (Å²) in [6.07, 6.45) is 17.6. The third-order valence-corrected chi connectivity index (χ3v) is 4.29. The Kier molecular flexibility index (Phi) is 9.40. The SMILES string of the molecule is C=C(/C=C\C=C/C)C(=C)N(C=NC)C1CCC1.NN/C=C(\N)C1CC1. The number of hydrogen-bond donors (Lipinski definition) is 3. The van der Waals surface area contributed by atoms with Crippen molar-refractivity contribution in [3.05, 3.63) is 60.6 Å². The third kappa shape index (κ3) is 7.44. The lowest BCUT2D eigenvalue weighted by Gasteiger charge is -2.37. The summed E-state index contributed by atoms with van der Waals surface area (Å²) in [4.78, 5) is 6.24. The molecule has 25 heavy (non-hydrogen) atoms. The molecule has 2 aliphatic rings. The molecule has 0 aromatic carbocycles. The van der Waals surface area contributed by atoms with Crippen LogP contribution in [0.4, 0.5) is 0 Å². The second-order valence-corrected chi connectivity index (χ2v) is 6.31.